The molecule has 0 bridgehead atoms. The number of aliphatic imine (C=N–C) groups is 1. The molecule has 8 heteroatoms. The molecule has 0 aliphatic carbocycles. The minimum absolute atomic E-state index is 0. The number of nitrogens with one attached hydrogen (secondary N) is 2. The van der Waals surface area contributed by atoms with Crippen molar-refractivity contribution in [1.29, 1.82) is 0 Å². The molecule has 1 aliphatic rings. The predicted molar refractivity (Wildman–Crippen MR) is 125 cm³/mol. The van der Waals surface area contributed by atoms with Crippen molar-refractivity contribution >= 4 is 35.6 Å². The summed E-state index contributed by atoms with van der Waals surface area (Å²) < 4.78 is 2.01. The number of nitrogens with zero attached hydrogens (tertiary/aromatic N) is 5. The van der Waals surface area contributed by atoms with Gasteiger partial charge in [0.05, 0.1) is 0 Å². The van der Waals surface area contributed by atoms with Gasteiger partial charge in [0.2, 0.25) is 0 Å². The molecule has 7 nitrogen and oxygen atoms in total. The zero-order chi connectivity index (χ0) is 18.7. The third-order valence-corrected chi connectivity index (χ3v) is 4.79. The van der Waals surface area contributed by atoms with Gasteiger partial charge in [-0.2, -0.15) is 0 Å². The Bertz CT molecular complexity index is 675. The molecule has 0 saturated carbocycles. The Balaban J connectivity index is 0.00000280. The number of para-hydroxylation sites is 1. The average Bonchev–Trinajstić information content (AvgIpc) is 3.22. The summed E-state index contributed by atoms with van der Waals surface area (Å²) in [4.78, 5) is 7.22. The number of guanidine groups is 1. The molecule has 1 fully saturated rings. The summed E-state index contributed by atoms with van der Waals surface area (Å²) in [6, 6.07) is 11.1. The van der Waals surface area contributed by atoms with Crippen molar-refractivity contribution in [2.45, 2.75) is 45.2 Å². The van der Waals surface area contributed by atoms with Crippen LogP contribution < -0.4 is 15.5 Å². The van der Waals surface area contributed by atoms with E-state index in [4.69, 9.17) is 4.99 Å². The number of piperidine rings is 1. The van der Waals surface area contributed by atoms with Crippen LogP contribution in [0.1, 0.15) is 32.6 Å². The highest BCUT2D eigenvalue weighted by atomic mass is 127. The monoisotopic (exact) mass is 497 g/mol. The van der Waals surface area contributed by atoms with E-state index in [1.807, 2.05) is 4.57 Å². The van der Waals surface area contributed by atoms with Crippen molar-refractivity contribution in [2.24, 2.45) is 4.99 Å². The van der Waals surface area contributed by atoms with Crippen LogP contribution in [0, 0.1) is 0 Å². The number of hydrogen-bond donors (Lipinski definition) is 2. The van der Waals surface area contributed by atoms with Crippen LogP contribution in [-0.2, 0) is 6.54 Å². The van der Waals surface area contributed by atoms with Crippen LogP contribution in [0.5, 0.6) is 0 Å². The fourth-order valence-corrected chi connectivity index (χ4v) is 3.42. The number of rotatable bonds is 8. The van der Waals surface area contributed by atoms with E-state index >= 15 is 0 Å². The summed E-state index contributed by atoms with van der Waals surface area (Å²) in [5.74, 6) is 0.932. The molecule has 154 valence electrons. The molecule has 1 aromatic heterocycles. The molecule has 2 N–H and O–H groups in total. The third-order valence-electron chi connectivity index (χ3n) is 4.79. The first-order chi connectivity index (χ1) is 13.3. The summed E-state index contributed by atoms with van der Waals surface area (Å²) in [6.45, 7) is 6.90. The Labute approximate surface area is 185 Å². The molecule has 3 rings (SSSR count). The van der Waals surface area contributed by atoms with Crippen molar-refractivity contribution in [3.8, 4) is 0 Å². The fourth-order valence-electron chi connectivity index (χ4n) is 3.42. The van der Waals surface area contributed by atoms with Gasteiger partial charge in [0, 0.05) is 44.5 Å². The van der Waals surface area contributed by atoms with Crippen molar-refractivity contribution in [3.63, 3.8) is 0 Å². The van der Waals surface area contributed by atoms with Gasteiger partial charge in [0.25, 0.3) is 0 Å². The SMILES string of the molecule is CCNC(=NCCCCn1cnnc1)NC1CCCN(c2ccccc2)C1.I. The number of unbranched alkanes of at least 4 members (excludes halogenated alkanes) is 1. The van der Waals surface area contributed by atoms with Crippen LogP contribution in [0.3, 0.4) is 0 Å². The molecule has 1 aliphatic heterocycles. The van der Waals surface area contributed by atoms with Crippen LogP contribution in [0.2, 0.25) is 0 Å². The fraction of sp³-hybridized carbons (Fsp3) is 0.550. The number of aryl methyl sites for hydroxylation is 1. The number of aromatic nitrogens is 3. The van der Waals surface area contributed by atoms with Gasteiger partial charge in [-0.15, -0.1) is 34.2 Å². The lowest BCUT2D eigenvalue weighted by atomic mass is 10.1. The van der Waals surface area contributed by atoms with Crippen molar-refractivity contribution < 1.29 is 0 Å². The molecule has 0 radical (unpaired) electrons. The molecule has 0 amide bonds. The predicted octanol–water partition coefficient (Wildman–Crippen LogP) is 2.90. The highest BCUT2D eigenvalue weighted by molar-refractivity contribution is 14.0. The van der Waals surface area contributed by atoms with E-state index < -0.39 is 0 Å². The maximum absolute atomic E-state index is 4.76. The van der Waals surface area contributed by atoms with E-state index in [2.05, 4.69) is 63.0 Å². The number of halogens is 1. The molecule has 1 unspecified atom stereocenters. The van der Waals surface area contributed by atoms with Crippen LogP contribution in [0.25, 0.3) is 0 Å². The van der Waals surface area contributed by atoms with Gasteiger partial charge in [-0.3, -0.25) is 4.99 Å². The largest absolute Gasteiger partial charge is 0.369 e. The number of benzene rings is 1. The summed E-state index contributed by atoms with van der Waals surface area (Å²) >= 11 is 0. The molecule has 28 heavy (non-hydrogen) atoms. The topological polar surface area (TPSA) is 70.4 Å². The normalized spacial score (nSPS) is 17.1. The van der Waals surface area contributed by atoms with E-state index in [1.54, 1.807) is 12.7 Å². The molecule has 1 saturated heterocycles. The van der Waals surface area contributed by atoms with Gasteiger partial charge in [0.15, 0.2) is 5.96 Å². The zero-order valence-electron chi connectivity index (χ0n) is 16.6. The maximum atomic E-state index is 4.76. The first-order valence-corrected chi connectivity index (χ1v) is 10.0. The Morgan fingerprint density at radius 3 is 2.71 bits per heavy atom. The van der Waals surface area contributed by atoms with E-state index in [0.29, 0.717) is 6.04 Å². The lowest BCUT2D eigenvalue weighted by Crippen LogP contribution is -2.51. The molecule has 1 atom stereocenters. The lowest BCUT2D eigenvalue weighted by Gasteiger charge is -2.35. The van der Waals surface area contributed by atoms with Gasteiger partial charge in [0.1, 0.15) is 12.7 Å². The zero-order valence-corrected chi connectivity index (χ0v) is 19.0. The van der Waals surface area contributed by atoms with Crippen LogP contribution in [-0.4, -0.2) is 52.9 Å². The Hall–Kier alpha value is -1.84. The van der Waals surface area contributed by atoms with E-state index in [-0.39, 0.29) is 24.0 Å². The van der Waals surface area contributed by atoms with Crippen molar-refractivity contribution in [3.05, 3.63) is 43.0 Å². The average molecular weight is 497 g/mol. The van der Waals surface area contributed by atoms with E-state index in [0.717, 1.165) is 51.5 Å². The quantitative estimate of drug-likeness (QED) is 0.254. The minimum Gasteiger partial charge on any atom is -0.369 e. The Morgan fingerprint density at radius 2 is 1.96 bits per heavy atom. The van der Waals surface area contributed by atoms with Gasteiger partial charge in [-0.1, -0.05) is 18.2 Å². The van der Waals surface area contributed by atoms with Gasteiger partial charge in [-0.25, -0.2) is 0 Å². The van der Waals surface area contributed by atoms with Crippen LogP contribution >= 0.6 is 24.0 Å². The number of hydrogen-bond acceptors (Lipinski definition) is 4. The highest BCUT2D eigenvalue weighted by Crippen LogP contribution is 2.19. The summed E-state index contributed by atoms with van der Waals surface area (Å²) in [5.41, 5.74) is 1.31. The molecular formula is C20H32IN7. The number of anilines is 1. The summed E-state index contributed by atoms with van der Waals surface area (Å²) in [5, 5.41) is 14.7. The van der Waals surface area contributed by atoms with Crippen molar-refractivity contribution in [2.75, 3.05) is 31.1 Å². The van der Waals surface area contributed by atoms with Gasteiger partial charge in [-0.05, 0) is 44.7 Å². The van der Waals surface area contributed by atoms with E-state index in [1.165, 1.54) is 18.5 Å². The minimum atomic E-state index is 0. The standard InChI is InChI=1S/C20H31N7.HI/c1-2-21-20(22-12-6-7-13-26-16-23-24-17-26)25-18-9-8-14-27(15-18)19-10-4-3-5-11-19;/h3-5,10-11,16-18H,2,6-9,12-15H2,1H3,(H2,21,22,25);1H. The molecule has 0 spiro atoms. The lowest BCUT2D eigenvalue weighted by molar-refractivity contribution is 0.468. The molecule has 2 aromatic rings. The summed E-state index contributed by atoms with van der Waals surface area (Å²) in [7, 11) is 0. The first-order valence-electron chi connectivity index (χ1n) is 10.0. The Morgan fingerprint density at radius 1 is 1.18 bits per heavy atom. The van der Waals surface area contributed by atoms with Crippen LogP contribution in [0.15, 0.2) is 48.0 Å². The third kappa shape index (κ3) is 7.29. The van der Waals surface area contributed by atoms with Gasteiger partial charge < -0.3 is 20.1 Å². The second-order valence-electron chi connectivity index (χ2n) is 6.93. The highest BCUT2D eigenvalue weighted by Gasteiger charge is 2.20. The summed E-state index contributed by atoms with van der Waals surface area (Å²) in [6.07, 6.45) is 8.03. The van der Waals surface area contributed by atoms with Gasteiger partial charge >= 0.3 is 0 Å². The Kier molecular flexibility index (Phi) is 10.1. The molecule has 1 aromatic carbocycles. The second-order valence-corrected chi connectivity index (χ2v) is 6.93. The molecular weight excluding hydrogens is 465 g/mol. The van der Waals surface area contributed by atoms with E-state index in [9.17, 15) is 0 Å². The second kappa shape index (κ2) is 12.6. The first kappa shape index (κ1) is 22.4. The smallest absolute Gasteiger partial charge is 0.191 e. The van der Waals surface area contributed by atoms with Crippen molar-refractivity contribution in [1.82, 2.24) is 25.4 Å². The van der Waals surface area contributed by atoms with Crippen LogP contribution in [0.4, 0.5) is 5.69 Å². The molecule has 2 heterocycles. The maximum Gasteiger partial charge on any atom is 0.191 e.